The number of carboxylic acid groups (broad SMARTS) is 1. The Kier molecular flexibility index (Phi) is 7.17. The molecule has 0 spiro atoms. The lowest BCUT2D eigenvalue weighted by molar-refractivity contribution is -0.139. The van der Waals surface area contributed by atoms with E-state index in [0.29, 0.717) is 0 Å². The Morgan fingerprint density at radius 3 is 1.43 bits per heavy atom. The number of hydrogen-bond acceptors (Lipinski definition) is 4. The van der Waals surface area contributed by atoms with Crippen LogP contribution >= 0.6 is 15.6 Å². The second-order valence-corrected chi connectivity index (χ2v) is 3.94. The standard InChI is InChI=1S/C2H5O6P.H3O4P/c3-2(4)1-8-9(5,6)7;1-5(2,3)4/h1H2,(H,3,4)(H2,5,6,7);(H3,1,2,3,4). The maximum Gasteiger partial charge on any atom is 0.470 e. The minimum Gasteiger partial charge on any atom is -0.480 e. The fraction of sp³-hybridized carbons (Fsp3) is 0.500. The summed E-state index contributed by atoms with van der Waals surface area (Å²) in [5.74, 6) is -1.42. The van der Waals surface area contributed by atoms with E-state index in [1.54, 1.807) is 0 Å². The fourth-order valence-electron chi connectivity index (χ4n) is 0.139. The molecule has 0 fully saturated rings. The lowest BCUT2D eigenvalue weighted by Crippen LogP contribution is -2.04. The van der Waals surface area contributed by atoms with Crippen molar-refractivity contribution < 1.29 is 48.0 Å². The largest absolute Gasteiger partial charge is 0.480 e. The number of hydrogen-bond donors (Lipinski definition) is 6. The zero-order valence-corrected chi connectivity index (χ0v) is 8.21. The van der Waals surface area contributed by atoms with E-state index in [1.807, 2.05) is 0 Å². The van der Waals surface area contributed by atoms with Crippen LogP contribution in [0.1, 0.15) is 0 Å². The van der Waals surface area contributed by atoms with Crippen LogP contribution in [0.3, 0.4) is 0 Å². The Bertz CT molecular complexity index is 249. The molecular formula is C2H8O10P2. The minimum absolute atomic E-state index is 0.982. The van der Waals surface area contributed by atoms with E-state index in [9.17, 15) is 9.36 Å². The molecule has 0 aliphatic rings. The molecule has 0 heterocycles. The van der Waals surface area contributed by atoms with Crippen LogP contribution in [0.2, 0.25) is 0 Å². The minimum atomic E-state index is -4.64. The summed E-state index contributed by atoms with van der Waals surface area (Å²) in [6.45, 7) is -0.982. The van der Waals surface area contributed by atoms with Crippen LogP contribution in [0.4, 0.5) is 0 Å². The van der Waals surface area contributed by atoms with Crippen LogP contribution in [0, 0.1) is 0 Å². The molecule has 0 aromatic rings. The third-order valence-corrected chi connectivity index (χ3v) is 0.822. The van der Waals surface area contributed by atoms with Crippen molar-refractivity contribution in [1.29, 1.82) is 0 Å². The molecule has 0 amide bonds. The molecule has 0 aromatic heterocycles. The topological polar surface area (TPSA) is 182 Å². The third-order valence-electron chi connectivity index (χ3n) is 0.356. The third kappa shape index (κ3) is 41.3. The van der Waals surface area contributed by atoms with Crippen molar-refractivity contribution in [3.05, 3.63) is 0 Å². The summed E-state index contributed by atoms with van der Waals surface area (Å²) in [6, 6.07) is 0. The van der Waals surface area contributed by atoms with E-state index in [0.717, 1.165) is 0 Å². The van der Waals surface area contributed by atoms with Crippen molar-refractivity contribution in [1.82, 2.24) is 0 Å². The van der Waals surface area contributed by atoms with E-state index >= 15 is 0 Å². The van der Waals surface area contributed by atoms with Gasteiger partial charge in [0.05, 0.1) is 0 Å². The summed E-state index contributed by atoms with van der Waals surface area (Å²) in [4.78, 5) is 46.9. The van der Waals surface area contributed by atoms with Gasteiger partial charge in [-0.05, 0) is 0 Å². The predicted molar refractivity (Wildman–Crippen MR) is 39.9 cm³/mol. The summed E-state index contributed by atoms with van der Waals surface area (Å²) in [6.07, 6.45) is 0. The van der Waals surface area contributed by atoms with Crippen molar-refractivity contribution >= 4 is 21.6 Å². The van der Waals surface area contributed by atoms with Crippen LogP contribution < -0.4 is 0 Å². The smallest absolute Gasteiger partial charge is 0.470 e. The summed E-state index contributed by atoms with van der Waals surface area (Å²) in [5.41, 5.74) is 0. The van der Waals surface area contributed by atoms with Gasteiger partial charge in [0.2, 0.25) is 0 Å². The fourth-order valence-corrected chi connectivity index (χ4v) is 0.418. The van der Waals surface area contributed by atoms with Crippen molar-refractivity contribution in [2.75, 3.05) is 6.61 Å². The highest BCUT2D eigenvalue weighted by molar-refractivity contribution is 7.46. The molecule has 10 nitrogen and oxygen atoms in total. The van der Waals surface area contributed by atoms with Crippen molar-refractivity contribution in [2.45, 2.75) is 0 Å². The zero-order valence-electron chi connectivity index (χ0n) is 6.42. The lowest BCUT2D eigenvalue weighted by Gasteiger charge is -1.99. The molecule has 0 aliphatic carbocycles. The van der Waals surface area contributed by atoms with Crippen LogP contribution in [0.15, 0.2) is 0 Å². The monoisotopic (exact) mass is 254 g/mol. The van der Waals surface area contributed by atoms with E-state index in [4.69, 9.17) is 34.1 Å². The Morgan fingerprint density at radius 1 is 1.07 bits per heavy atom. The van der Waals surface area contributed by atoms with Gasteiger partial charge < -0.3 is 29.6 Å². The number of phosphoric acid groups is 2. The first-order chi connectivity index (χ1) is 5.92. The highest BCUT2D eigenvalue weighted by Gasteiger charge is 2.14. The number of phosphoric ester groups is 1. The molecule has 0 unspecified atom stereocenters. The van der Waals surface area contributed by atoms with Gasteiger partial charge in [-0.3, -0.25) is 4.52 Å². The van der Waals surface area contributed by atoms with Crippen molar-refractivity contribution in [3.63, 3.8) is 0 Å². The number of carbonyl (C=O) groups is 1. The Labute approximate surface area is 77.2 Å². The molecule has 0 saturated heterocycles. The number of aliphatic carboxylic acids is 1. The summed E-state index contributed by atoms with van der Waals surface area (Å²) < 4.78 is 22.2. The summed E-state index contributed by atoms with van der Waals surface area (Å²) >= 11 is 0. The predicted octanol–water partition coefficient (Wildman–Crippen LogP) is -1.75. The summed E-state index contributed by atoms with van der Waals surface area (Å²) in [7, 11) is -9.24. The van der Waals surface area contributed by atoms with Gasteiger partial charge >= 0.3 is 21.6 Å². The van der Waals surface area contributed by atoms with Crippen LogP contribution in [-0.4, -0.2) is 42.1 Å². The van der Waals surface area contributed by atoms with E-state index in [-0.39, 0.29) is 0 Å². The highest BCUT2D eigenvalue weighted by atomic mass is 31.2. The quantitative estimate of drug-likeness (QED) is 0.316. The van der Waals surface area contributed by atoms with Gasteiger partial charge in [-0.25, -0.2) is 13.9 Å². The first-order valence-electron chi connectivity index (χ1n) is 2.62. The molecule has 12 heteroatoms. The molecule has 0 aliphatic heterocycles. The first-order valence-corrected chi connectivity index (χ1v) is 5.71. The Morgan fingerprint density at radius 2 is 1.36 bits per heavy atom. The van der Waals surface area contributed by atoms with Gasteiger partial charge in [-0.15, -0.1) is 0 Å². The van der Waals surface area contributed by atoms with Crippen LogP contribution in [0.25, 0.3) is 0 Å². The maximum atomic E-state index is 9.74. The Hall–Kier alpha value is -0.310. The van der Waals surface area contributed by atoms with Crippen LogP contribution in [0.5, 0.6) is 0 Å². The van der Waals surface area contributed by atoms with E-state index in [1.165, 1.54) is 0 Å². The molecule has 0 bridgehead atoms. The second-order valence-electron chi connectivity index (χ2n) is 1.67. The van der Waals surface area contributed by atoms with E-state index in [2.05, 4.69) is 4.52 Å². The molecular weight excluding hydrogens is 246 g/mol. The van der Waals surface area contributed by atoms with Gasteiger partial charge in [0.15, 0.2) is 6.61 Å². The Balaban J connectivity index is 0. The molecule has 86 valence electrons. The molecule has 14 heavy (non-hydrogen) atoms. The SMILES string of the molecule is O=C(O)COP(=O)(O)O.O=P(O)(O)O. The lowest BCUT2D eigenvalue weighted by atomic mass is 10.8. The van der Waals surface area contributed by atoms with Gasteiger partial charge in [-0.1, -0.05) is 0 Å². The van der Waals surface area contributed by atoms with Gasteiger partial charge in [0, 0.05) is 0 Å². The molecule has 6 N–H and O–H groups in total. The molecule has 0 rings (SSSR count). The average Bonchev–Trinajstić information content (AvgIpc) is 1.77. The van der Waals surface area contributed by atoms with E-state index < -0.39 is 28.2 Å². The normalized spacial score (nSPS) is 11.5. The van der Waals surface area contributed by atoms with Gasteiger partial charge in [0.25, 0.3) is 0 Å². The van der Waals surface area contributed by atoms with Gasteiger partial charge in [0.1, 0.15) is 0 Å². The molecule has 0 saturated carbocycles. The van der Waals surface area contributed by atoms with Crippen molar-refractivity contribution in [2.24, 2.45) is 0 Å². The molecule has 0 atom stereocenters. The van der Waals surface area contributed by atoms with Gasteiger partial charge in [-0.2, -0.15) is 0 Å². The highest BCUT2D eigenvalue weighted by Crippen LogP contribution is 2.35. The first kappa shape index (κ1) is 16.1. The molecule has 0 aromatic carbocycles. The second kappa shape index (κ2) is 6.23. The van der Waals surface area contributed by atoms with Crippen LogP contribution in [-0.2, 0) is 18.4 Å². The maximum absolute atomic E-state index is 9.74. The number of carboxylic acids is 1. The summed E-state index contributed by atoms with van der Waals surface area (Å²) in [5, 5.41) is 7.81. The number of rotatable bonds is 3. The van der Waals surface area contributed by atoms with Crippen molar-refractivity contribution in [3.8, 4) is 0 Å². The zero-order chi connectivity index (χ0) is 12.0. The average molecular weight is 254 g/mol. The molecule has 0 radical (unpaired) electrons.